The predicted molar refractivity (Wildman–Crippen MR) is 153 cm³/mol. The molecule has 0 saturated heterocycles. The van der Waals surface area contributed by atoms with Gasteiger partial charge >= 0.3 is 0 Å². The molecule has 0 amide bonds. The minimum absolute atomic E-state index is 0.0760. The standard InChI is InChI=1S/C25H31BrN4O6S2/c1-8-12(3)36-19-14(26)10-13(11-15(19)35-9-2)16(17-20(31)27(4)24(37)28(5)21(17)32)18-22(33)29(6)25(38)30(7)23(18)34/h10-12,16,31,33H,8-9H2,1-7H3/t12-/m1/s1. The fourth-order valence-electron chi connectivity index (χ4n) is 4.12. The van der Waals surface area contributed by atoms with E-state index in [1.165, 1.54) is 46.5 Å². The summed E-state index contributed by atoms with van der Waals surface area (Å²) in [7, 11) is 5.96. The van der Waals surface area contributed by atoms with E-state index >= 15 is 0 Å². The van der Waals surface area contributed by atoms with Gasteiger partial charge in [-0.3, -0.25) is 27.9 Å². The lowest BCUT2D eigenvalue weighted by Gasteiger charge is -2.25. The molecule has 2 N–H and O–H groups in total. The highest BCUT2D eigenvalue weighted by molar-refractivity contribution is 9.10. The molecular formula is C25H31BrN4O6S2. The van der Waals surface area contributed by atoms with Crippen molar-refractivity contribution in [3.05, 3.63) is 63.5 Å². The van der Waals surface area contributed by atoms with Gasteiger partial charge in [0.25, 0.3) is 11.1 Å². The van der Waals surface area contributed by atoms with Gasteiger partial charge < -0.3 is 19.7 Å². The fourth-order valence-corrected chi connectivity index (χ4v) is 5.01. The zero-order chi connectivity index (χ0) is 28.6. The maximum Gasteiger partial charge on any atom is 0.262 e. The van der Waals surface area contributed by atoms with Crippen LogP contribution >= 0.6 is 40.4 Å². The maximum atomic E-state index is 13.6. The third-order valence-electron chi connectivity index (χ3n) is 6.47. The van der Waals surface area contributed by atoms with Gasteiger partial charge in [-0.15, -0.1) is 0 Å². The first kappa shape index (κ1) is 29.7. The van der Waals surface area contributed by atoms with Crippen LogP contribution in [-0.2, 0) is 28.2 Å². The van der Waals surface area contributed by atoms with Gasteiger partial charge in [0.15, 0.2) is 21.0 Å². The Labute approximate surface area is 238 Å². The highest BCUT2D eigenvalue weighted by atomic mass is 79.9. The number of benzene rings is 1. The lowest BCUT2D eigenvalue weighted by atomic mass is 9.86. The highest BCUT2D eigenvalue weighted by Crippen LogP contribution is 2.44. The molecule has 13 heteroatoms. The van der Waals surface area contributed by atoms with Crippen molar-refractivity contribution in [2.45, 2.75) is 39.2 Å². The molecule has 0 bridgehead atoms. The largest absolute Gasteiger partial charge is 0.494 e. The average Bonchev–Trinajstić information content (AvgIpc) is 2.89. The Morgan fingerprint density at radius 1 is 0.895 bits per heavy atom. The number of halogens is 1. The number of aromatic hydroxyl groups is 2. The molecule has 10 nitrogen and oxygen atoms in total. The molecule has 1 aromatic carbocycles. The van der Waals surface area contributed by atoms with Gasteiger partial charge in [-0.1, -0.05) is 6.92 Å². The number of hydrogen-bond acceptors (Lipinski definition) is 8. The van der Waals surface area contributed by atoms with E-state index in [0.717, 1.165) is 6.42 Å². The van der Waals surface area contributed by atoms with E-state index in [0.29, 0.717) is 28.1 Å². The van der Waals surface area contributed by atoms with Gasteiger partial charge in [-0.25, -0.2) is 0 Å². The SMILES string of the molecule is CCOc1cc(C(c2c(O)n(C)c(=S)n(C)c2=O)c2c(O)n(C)c(=S)n(C)c2=O)cc(Br)c1O[C@H](C)CC. The van der Waals surface area contributed by atoms with Crippen LogP contribution in [0.1, 0.15) is 49.8 Å². The Morgan fingerprint density at radius 3 is 1.79 bits per heavy atom. The molecule has 2 heterocycles. The van der Waals surface area contributed by atoms with Crippen molar-refractivity contribution in [3.8, 4) is 23.3 Å². The third kappa shape index (κ3) is 5.06. The van der Waals surface area contributed by atoms with Crippen LogP contribution in [0.2, 0.25) is 0 Å². The Hall–Kier alpha value is -2.90. The second-order valence-electron chi connectivity index (χ2n) is 8.92. The molecule has 0 saturated carbocycles. The molecule has 0 radical (unpaired) electrons. The van der Waals surface area contributed by atoms with Crippen LogP contribution in [0.25, 0.3) is 0 Å². The summed E-state index contributed by atoms with van der Waals surface area (Å²) in [5, 5.41) is 22.4. The summed E-state index contributed by atoms with van der Waals surface area (Å²) in [6, 6.07) is 3.31. The van der Waals surface area contributed by atoms with Crippen LogP contribution in [0.4, 0.5) is 0 Å². The van der Waals surface area contributed by atoms with E-state index in [9.17, 15) is 19.8 Å². The minimum atomic E-state index is -1.23. The minimum Gasteiger partial charge on any atom is -0.494 e. The fraction of sp³-hybridized carbons (Fsp3) is 0.440. The molecule has 0 fully saturated rings. The number of nitrogens with zero attached hydrogens (tertiary/aromatic N) is 4. The Morgan fingerprint density at radius 2 is 1.37 bits per heavy atom. The Kier molecular flexibility index (Phi) is 8.94. The summed E-state index contributed by atoms with van der Waals surface area (Å²) in [6.45, 7) is 6.05. The lowest BCUT2D eigenvalue weighted by Crippen LogP contribution is -2.33. The van der Waals surface area contributed by atoms with Crippen molar-refractivity contribution in [1.29, 1.82) is 0 Å². The zero-order valence-electron chi connectivity index (χ0n) is 22.2. The van der Waals surface area contributed by atoms with E-state index in [1.807, 2.05) is 20.8 Å². The number of rotatable bonds is 8. The van der Waals surface area contributed by atoms with Crippen molar-refractivity contribution in [3.63, 3.8) is 0 Å². The van der Waals surface area contributed by atoms with Gasteiger partial charge in [-0.05, 0) is 78.3 Å². The Balaban J connectivity index is 2.55. The monoisotopic (exact) mass is 626 g/mol. The molecule has 1 atom stereocenters. The van der Waals surface area contributed by atoms with Crippen molar-refractivity contribution >= 4 is 40.4 Å². The first-order valence-corrected chi connectivity index (χ1v) is 13.5. The van der Waals surface area contributed by atoms with Crippen LogP contribution < -0.4 is 20.6 Å². The van der Waals surface area contributed by atoms with E-state index in [4.69, 9.17) is 33.9 Å². The average molecular weight is 628 g/mol. The Bertz CT molecular complexity index is 1550. The van der Waals surface area contributed by atoms with Crippen molar-refractivity contribution in [2.24, 2.45) is 28.2 Å². The normalized spacial score (nSPS) is 12.1. The first-order chi connectivity index (χ1) is 17.8. The second-order valence-corrected chi connectivity index (χ2v) is 10.5. The van der Waals surface area contributed by atoms with Crippen molar-refractivity contribution < 1.29 is 19.7 Å². The van der Waals surface area contributed by atoms with Crippen LogP contribution in [0.5, 0.6) is 23.3 Å². The highest BCUT2D eigenvalue weighted by Gasteiger charge is 2.33. The van der Waals surface area contributed by atoms with Crippen molar-refractivity contribution in [1.82, 2.24) is 18.3 Å². The molecule has 3 rings (SSSR count). The van der Waals surface area contributed by atoms with Gasteiger partial charge in [0.05, 0.1) is 34.2 Å². The van der Waals surface area contributed by atoms with E-state index in [2.05, 4.69) is 15.9 Å². The third-order valence-corrected chi connectivity index (χ3v) is 8.16. The molecule has 0 aliphatic rings. The smallest absolute Gasteiger partial charge is 0.262 e. The summed E-state index contributed by atoms with van der Waals surface area (Å²) in [4.78, 5) is 27.2. The maximum absolute atomic E-state index is 13.6. The van der Waals surface area contributed by atoms with E-state index in [-0.39, 0.29) is 26.8 Å². The van der Waals surface area contributed by atoms with Crippen LogP contribution in [0.3, 0.4) is 0 Å². The lowest BCUT2D eigenvalue weighted by molar-refractivity contribution is 0.201. The summed E-state index contributed by atoms with van der Waals surface area (Å²) in [5.74, 6) is -1.30. The summed E-state index contributed by atoms with van der Waals surface area (Å²) < 4.78 is 17.6. The van der Waals surface area contributed by atoms with Gasteiger partial charge in [-0.2, -0.15) is 0 Å². The van der Waals surface area contributed by atoms with E-state index in [1.54, 1.807) is 12.1 Å². The molecule has 0 unspecified atom stereocenters. The first-order valence-electron chi connectivity index (χ1n) is 11.9. The predicted octanol–water partition coefficient (Wildman–Crippen LogP) is 4.15. The van der Waals surface area contributed by atoms with Gasteiger partial charge in [0.1, 0.15) is 0 Å². The molecule has 0 aliphatic heterocycles. The molecule has 2 aromatic heterocycles. The molecule has 206 valence electrons. The summed E-state index contributed by atoms with van der Waals surface area (Å²) in [5.41, 5.74) is -1.19. The molecule has 3 aromatic rings. The van der Waals surface area contributed by atoms with Crippen LogP contribution in [0.15, 0.2) is 26.2 Å². The molecule has 0 aliphatic carbocycles. The summed E-state index contributed by atoms with van der Waals surface area (Å²) in [6.07, 6.45) is 0.640. The molecule has 0 spiro atoms. The quantitative estimate of drug-likeness (QED) is 0.359. The van der Waals surface area contributed by atoms with Gasteiger partial charge in [0.2, 0.25) is 11.8 Å². The van der Waals surface area contributed by atoms with E-state index < -0.39 is 28.8 Å². The van der Waals surface area contributed by atoms with Crippen LogP contribution in [0, 0.1) is 9.54 Å². The molecule has 38 heavy (non-hydrogen) atoms. The van der Waals surface area contributed by atoms with Crippen molar-refractivity contribution in [2.75, 3.05) is 6.61 Å². The molecular weight excluding hydrogens is 596 g/mol. The number of hydrogen-bond donors (Lipinski definition) is 2. The number of ether oxygens (including phenoxy) is 2. The second kappa shape index (κ2) is 11.5. The zero-order valence-corrected chi connectivity index (χ0v) is 25.5. The van der Waals surface area contributed by atoms with Gasteiger partial charge in [0, 0.05) is 28.2 Å². The number of aromatic nitrogens is 4. The van der Waals surface area contributed by atoms with Crippen LogP contribution in [-0.4, -0.2) is 41.2 Å². The topological polar surface area (TPSA) is 113 Å². The summed E-state index contributed by atoms with van der Waals surface area (Å²) >= 11 is 14.1.